The van der Waals surface area contributed by atoms with Crippen molar-refractivity contribution in [3.8, 4) is 5.75 Å². The minimum atomic E-state index is -3.75. The van der Waals surface area contributed by atoms with Crippen molar-refractivity contribution in [3.63, 3.8) is 0 Å². The standard InChI is InChI=1S/C17H15NO5S/c1-11-9-17(19)23-16-10-12(3-8-15(11)16)18-24(20,21)14-6-4-13(22-2)5-7-14/h3-10,18H,1-2H3. The molecule has 0 saturated heterocycles. The number of hydrogen-bond acceptors (Lipinski definition) is 5. The van der Waals surface area contributed by atoms with Gasteiger partial charge in [-0.15, -0.1) is 0 Å². The Morgan fingerprint density at radius 3 is 2.42 bits per heavy atom. The van der Waals surface area contributed by atoms with E-state index in [9.17, 15) is 13.2 Å². The van der Waals surface area contributed by atoms with Crippen molar-refractivity contribution in [1.82, 2.24) is 0 Å². The molecule has 0 saturated carbocycles. The predicted molar refractivity (Wildman–Crippen MR) is 91.0 cm³/mol. The number of sulfonamides is 1. The quantitative estimate of drug-likeness (QED) is 0.735. The van der Waals surface area contributed by atoms with Crippen molar-refractivity contribution in [3.05, 3.63) is 64.5 Å². The van der Waals surface area contributed by atoms with Gasteiger partial charge >= 0.3 is 5.63 Å². The molecule has 24 heavy (non-hydrogen) atoms. The van der Waals surface area contributed by atoms with Gasteiger partial charge in [-0.1, -0.05) is 0 Å². The SMILES string of the molecule is COc1ccc(S(=O)(=O)Nc2ccc3c(C)cc(=O)oc3c2)cc1. The largest absolute Gasteiger partial charge is 0.497 e. The summed E-state index contributed by atoms with van der Waals surface area (Å²) >= 11 is 0. The Balaban J connectivity index is 1.97. The molecule has 0 atom stereocenters. The maximum atomic E-state index is 12.4. The van der Waals surface area contributed by atoms with Crippen molar-refractivity contribution in [1.29, 1.82) is 0 Å². The fraction of sp³-hybridized carbons (Fsp3) is 0.118. The summed E-state index contributed by atoms with van der Waals surface area (Å²) in [5.74, 6) is 0.567. The number of nitrogens with one attached hydrogen (secondary N) is 1. The summed E-state index contributed by atoms with van der Waals surface area (Å²) in [5.41, 5.74) is 0.933. The van der Waals surface area contributed by atoms with E-state index < -0.39 is 15.6 Å². The van der Waals surface area contributed by atoms with Crippen LogP contribution in [0.2, 0.25) is 0 Å². The number of methoxy groups -OCH3 is 1. The molecule has 3 rings (SSSR count). The molecule has 2 aromatic carbocycles. The number of aryl methyl sites for hydroxylation is 1. The molecule has 1 aromatic heterocycles. The lowest BCUT2D eigenvalue weighted by molar-refractivity contribution is 0.414. The lowest BCUT2D eigenvalue weighted by Gasteiger charge is -2.09. The van der Waals surface area contributed by atoms with Gasteiger partial charge in [0.15, 0.2) is 0 Å². The molecule has 3 aromatic rings. The van der Waals surface area contributed by atoms with Gasteiger partial charge in [0.1, 0.15) is 11.3 Å². The zero-order chi connectivity index (χ0) is 17.3. The van der Waals surface area contributed by atoms with E-state index in [1.807, 2.05) is 0 Å². The van der Waals surface area contributed by atoms with Gasteiger partial charge in [-0.05, 0) is 48.9 Å². The third-order valence-corrected chi connectivity index (χ3v) is 4.97. The summed E-state index contributed by atoms with van der Waals surface area (Å²) in [6, 6.07) is 12.2. The predicted octanol–water partition coefficient (Wildman–Crippen LogP) is 2.91. The van der Waals surface area contributed by atoms with E-state index in [-0.39, 0.29) is 4.90 Å². The fourth-order valence-electron chi connectivity index (χ4n) is 2.36. The normalized spacial score (nSPS) is 11.4. The van der Waals surface area contributed by atoms with Crippen molar-refractivity contribution < 1.29 is 17.6 Å². The minimum absolute atomic E-state index is 0.106. The molecule has 124 valence electrons. The second-order valence-electron chi connectivity index (χ2n) is 5.24. The van der Waals surface area contributed by atoms with E-state index in [1.54, 1.807) is 31.2 Å². The first kappa shape index (κ1) is 16.1. The van der Waals surface area contributed by atoms with E-state index in [0.29, 0.717) is 17.0 Å². The topological polar surface area (TPSA) is 85.6 Å². The van der Waals surface area contributed by atoms with E-state index in [2.05, 4.69) is 4.72 Å². The molecular weight excluding hydrogens is 330 g/mol. The highest BCUT2D eigenvalue weighted by atomic mass is 32.2. The highest BCUT2D eigenvalue weighted by molar-refractivity contribution is 7.92. The van der Waals surface area contributed by atoms with Gasteiger partial charge in [0.25, 0.3) is 10.0 Å². The summed E-state index contributed by atoms with van der Waals surface area (Å²) in [7, 11) is -2.25. The van der Waals surface area contributed by atoms with Gasteiger partial charge in [-0.2, -0.15) is 0 Å². The summed E-state index contributed by atoms with van der Waals surface area (Å²) in [6.07, 6.45) is 0. The monoisotopic (exact) mass is 345 g/mol. The molecule has 0 aliphatic heterocycles. The number of fused-ring (bicyclic) bond motifs is 1. The average molecular weight is 345 g/mol. The van der Waals surface area contributed by atoms with Crippen molar-refractivity contribution in [2.24, 2.45) is 0 Å². The Morgan fingerprint density at radius 2 is 1.75 bits per heavy atom. The van der Waals surface area contributed by atoms with Crippen molar-refractivity contribution in [2.45, 2.75) is 11.8 Å². The average Bonchev–Trinajstić information content (AvgIpc) is 2.54. The third kappa shape index (κ3) is 3.11. The summed E-state index contributed by atoms with van der Waals surface area (Å²) in [5, 5.41) is 0.752. The van der Waals surface area contributed by atoms with Gasteiger partial charge < -0.3 is 9.15 Å². The van der Waals surface area contributed by atoms with Crippen LogP contribution in [0.3, 0.4) is 0 Å². The first-order valence-corrected chi connectivity index (χ1v) is 8.59. The molecule has 1 heterocycles. The van der Waals surface area contributed by atoms with Crippen LogP contribution in [0.1, 0.15) is 5.56 Å². The number of benzene rings is 2. The van der Waals surface area contributed by atoms with Gasteiger partial charge in [0, 0.05) is 17.5 Å². The van der Waals surface area contributed by atoms with E-state index in [1.165, 1.54) is 31.4 Å². The fourth-order valence-corrected chi connectivity index (χ4v) is 3.41. The van der Waals surface area contributed by atoms with E-state index >= 15 is 0 Å². The number of rotatable bonds is 4. The molecule has 0 spiro atoms. The zero-order valence-electron chi connectivity index (χ0n) is 13.1. The molecule has 0 radical (unpaired) electrons. The van der Waals surface area contributed by atoms with Crippen LogP contribution in [0.4, 0.5) is 5.69 Å². The molecule has 6 nitrogen and oxygen atoms in total. The van der Waals surface area contributed by atoms with E-state index in [0.717, 1.165) is 10.9 Å². The van der Waals surface area contributed by atoms with Crippen LogP contribution in [-0.2, 0) is 10.0 Å². The maximum Gasteiger partial charge on any atom is 0.336 e. The van der Waals surface area contributed by atoms with Gasteiger partial charge in [0.05, 0.1) is 17.7 Å². The highest BCUT2D eigenvalue weighted by Gasteiger charge is 2.15. The first-order chi connectivity index (χ1) is 11.4. The molecule has 0 amide bonds. The van der Waals surface area contributed by atoms with Crippen LogP contribution in [0, 0.1) is 6.92 Å². The zero-order valence-corrected chi connectivity index (χ0v) is 13.9. The second-order valence-corrected chi connectivity index (χ2v) is 6.92. The molecule has 0 unspecified atom stereocenters. The molecular formula is C17H15NO5S. The molecule has 0 fully saturated rings. The van der Waals surface area contributed by atoms with Crippen LogP contribution >= 0.6 is 0 Å². The molecule has 7 heteroatoms. The molecule has 0 bridgehead atoms. The minimum Gasteiger partial charge on any atom is -0.497 e. The van der Waals surface area contributed by atoms with Crippen LogP contribution in [0.25, 0.3) is 11.0 Å². The number of anilines is 1. The summed E-state index contributed by atoms with van der Waals surface area (Å²) in [6.45, 7) is 1.79. The summed E-state index contributed by atoms with van der Waals surface area (Å²) in [4.78, 5) is 11.6. The lowest BCUT2D eigenvalue weighted by Crippen LogP contribution is -2.13. The smallest absolute Gasteiger partial charge is 0.336 e. The van der Waals surface area contributed by atoms with E-state index in [4.69, 9.17) is 9.15 Å². The molecule has 0 aliphatic rings. The number of hydrogen-bond donors (Lipinski definition) is 1. The van der Waals surface area contributed by atoms with Crippen LogP contribution in [0.15, 0.2) is 62.6 Å². The van der Waals surface area contributed by atoms with Crippen molar-refractivity contribution in [2.75, 3.05) is 11.8 Å². The Labute approximate surface area is 138 Å². The van der Waals surface area contributed by atoms with Gasteiger partial charge in [-0.3, -0.25) is 4.72 Å². The Hall–Kier alpha value is -2.80. The van der Waals surface area contributed by atoms with Crippen LogP contribution in [-0.4, -0.2) is 15.5 Å². The summed E-state index contributed by atoms with van der Waals surface area (Å²) < 4.78 is 37.5. The molecule has 0 aliphatic carbocycles. The Kier molecular flexibility index (Phi) is 4.02. The number of ether oxygens (including phenoxy) is 1. The van der Waals surface area contributed by atoms with Gasteiger partial charge in [0.2, 0.25) is 0 Å². The first-order valence-electron chi connectivity index (χ1n) is 7.10. The molecule has 1 N–H and O–H groups in total. The maximum absolute atomic E-state index is 12.4. The van der Waals surface area contributed by atoms with Gasteiger partial charge in [-0.25, -0.2) is 13.2 Å². The second kappa shape index (κ2) is 6.01. The van der Waals surface area contributed by atoms with Crippen LogP contribution in [0.5, 0.6) is 5.75 Å². The van der Waals surface area contributed by atoms with Crippen LogP contribution < -0.4 is 15.1 Å². The lowest BCUT2D eigenvalue weighted by atomic mass is 10.1. The van der Waals surface area contributed by atoms with Crippen molar-refractivity contribution >= 4 is 26.7 Å². The Morgan fingerprint density at radius 1 is 1.04 bits per heavy atom. The Bertz CT molecular complexity index is 1050. The third-order valence-electron chi connectivity index (χ3n) is 3.57. The highest BCUT2D eigenvalue weighted by Crippen LogP contribution is 2.23.